The van der Waals surface area contributed by atoms with Gasteiger partial charge in [-0.1, -0.05) is 53.6 Å². The molecule has 5 aromatic rings. The van der Waals surface area contributed by atoms with E-state index < -0.39 is 5.91 Å². The first kappa shape index (κ1) is 24.4. The molecule has 2 aromatic carbocycles. The van der Waals surface area contributed by atoms with Crippen LogP contribution < -0.4 is 10.6 Å². The third-order valence-corrected chi connectivity index (χ3v) is 7.07. The van der Waals surface area contributed by atoms with Crippen molar-refractivity contribution in [3.63, 3.8) is 0 Å². The number of carbonyl (C=O) groups excluding carboxylic acids is 1. The fourth-order valence-corrected chi connectivity index (χ4v) is 4.93. The van der Waals surface area contributed by atoms with E-state index in [2.05, 4.69) is 25.9 Å². The molecule has 0 unspecified atom stereocenters. The van der Waals surface area contributed by atoms with Gasteiger partial charge in [-0.2, -0.15) is 9.61 Å². The summed E-state index contributed by atoms with van der Waals surface area (Å²) in [6.45, 7) is 3.95. The lowest BCUT2D eigenvalue weighted by Gasteiger charge is -2.12. The van der Waals surface area contributed by atoms with Crippen molar-refractivity contribution in [3.05, 3.63) is 75.7 Å². The molecule has 0 saturated carbocycles. The molecule has 0 aliphatic carbocycles. The van der Waals surface area contributed by atoms with Crippen molar-refractivity contribution in [2.75, 3.05) is 5.32 Å². The van der Waals surface area contributed by atoms with Gasteiger partial charge >= 0.3 is 0 Å². The van der Waals surface area contributed by atoms with E-state index in [1.807, 2.05) is 32.0 Å². The Kier molecular flexibility index (Phi) is 6.76. The van der Waals surface area contributed by atoms with Gasteiger partial charge in [0.2, 0.25) is 4.96 Å². The smallest absolute Gasteiger partial charge is 0.293 e. The molecule has 0 fully saturated rings. The number of amides is 1. The van der Waals surface area contributed by atoms with Crippen LogP contribution in [0.2, 0.25) is 10.0 Å². The van der Waals surface area contributed by atoms with Gasteiger partial charge in [0, 0.05) is 28.3 Å². The lowest BCUT2D eigenvalue weighted by Crippen LogP contribution is -2.34. The quantitative estimate of drug-likeness (QED) is 0.241. The van der Waals surface area contributed by atoms with Crippen LogP contribution in [0, 0.1) is 6.92 Å². The van der Waals surface area contributed by atoms with Gasteiger partial charge in [0.05, 0.1) is 5.02 Å². The fraction of sp³-hybridized carbons (Fsp3) is 0.125. The number of anilines is 1. The van der Waals surface area contributed by atoms with Crippen LogP contribution in [-0.2, 0) is 6.42 Å². The molecule has 8 nitrogen and oxygen atoms in total. The SMILES string of the molecule is CCc1nnc2sc(-c3ccc(C)c(NC(=S)NC(=O)c4ccc(-c5cc(Cl)ccc5Cl)o4)c3)nn12. The number of nitrogens with one attached hydrogen (secondary N) is 2. The van der Waals surface area contributed by atoms with Crippen molar-refractivity contribution in [1.29, 1.82) is 0 Å². The van der Waals surface area contributed by atoms with Gasteiger partial charge in [-0.15, -0.1) is 10.2 Å². The molecule has 5 rings (SSSR count). The number of rotatable bonds is 5. The maximum absolute atomic E-state index is 12.7. The maximum atomic E-state index is 12.7. The Balaban J connectivity index is 1.30. The van der Waals surface area contributed by atoms with Crippen LogP contribution in [0.5, 0.6) is 0 Å². The van der Waals surface area contributed by atoms with E-state index in [1.54, 1.807) is 34.8 Å². The summed E-state index contributed by atoms with van der Waals surface area (Å²) in [7, 11) is 0. The van der Waals surface area contributed by atoms with Gasteiger partial charge in [-0.05, 0) is 61.1 Å². The third kappa shape index (κ3) is 4.85. The van der Waals surface area contributed by atoms with E-state index in [0.29, 0.717) is 21.4 Å². The molecular formula is C24H18Cl2N6O2S2. The number of carbonyl (C=O) groups is 1. The molecule has 36 heavy (non-hydrogen) atoms. The predicted octanol–water partition coefficient (Wildman–Crippen LogP) is 6.42. The zero-order chi connectivity index (χ0) is 25.4. The Hall–Kier alpha value is -3.31. The average molecular weight is 557 g/mol. The second-order valence-electron chi connectivity index (χ2n) is 7.80. The maximum Gasteiger partial charge on any atom is 0.293 e. The van der Waals surface area contributed by atoms with Gasteiger partial charge in [0.15, 0.2) is 16.7 Å². The Labute approximate surface area is 225 Å². The Bertz CT molecular complexity index is 1620. The normalized spacial score (nSPS) is 11.1. The molecule has 182 valence electrons. The van der Waals surface area contributed by atoms with Crippen molar-refractivity contribution in [2.45, 2.75) is 20.3 Å². The Morgan fingerprint density at radius 1 is 1.14 bits per heavy atom. The number of thiocarbonyl (C=S) groups is 1. The number of hydrogen-bond acceptors (Lipinski definition) is 7. The summed E-state index contributed by atoms with van der Waals surface area (Å²) >= 11 is 19.1. The summed E-state index contributed by atoms with van der Waals surface area (Å²) in [6.07, 6.45) is 0.738. The molecule has 0 saturated heterocycles. The van der Waals surface area contributed by atoms with Crippen LogP contribution in [0.4, 0.5) is 5.69 Å². The average Bonchev–Trinajstić information content (AvgIpc) is 3.58. The molecule has 0 atom stereocenters. The minimum atomic E-state index is -0.494. The largest absolute Gasteiger partial charge is 0.451 e. The van der Waals surface area contributed by atoms with Crippen molar-refractivity contribution in [2.24, 2.45) is 0 Å². The zero-order valence-corrected chi connectivity index (χ0v) is 22.1. The van der Waals surface area contributed by atoms with Crippen LogP contribution in [0.1, 0.15) is 28.9 Å². The van der Waals surface area contributed by atoms with E-state index in [-0.39, 0.29) is 10.9 Å². The molecule has 0 aliphatic rings. The van der Waals surface area contributed by atoms with E-state index in [0.717, 1.165) is 39.0 Å². The summed E-state index contributed by atoms with van der Waals surface area (Å²) in [5.41, 5.74) is 3.17. The van der Waals surface area contributed by atoms with Crippen LogP contribution in [0.25, 0.3) is 26.9 Å². The first-order valence-electron chi connectivity index (χ1n) is 10.8. The van der Waals surface area contributed by atoms with Crippen molar-refractivity contribution >= 4 is 68.4 Å². The molecule has 0 bridgehead atoms. The highest BCUT2D eigenvalue weighted by Gasteiger charge is 2.17. The van der Waals surface area contributed by atoms with Gasteiger partial charge in [-0.3, -0.25) is 10.1 Å². The fourth-order valence-electron chi connectivity index (χ4n) is 3.49. The summed E-state index contributed by atoms with van der Waals surface area (Å²) in [6, 6.07) is 14.1. The molecule has 12 heteroatoms. The number of aromatic nitrogens is 4. The number of aryl methyl sites for hydroxylation is 2. The van der Waals surface area contributed by atoms with Gasteiger partial charge in [0.25, 0.3) is 5.91 Å². The highest BCUT2D eigenvalue weighted by molar-refractivity contribution is 7.80. The molecule has 2 N–H and O–H groups in total. The molecule has 0 radical (unpaired) electrons. The minimum absolute atomic E-state index is 0.0853. The van der Waals surface area contributed by atoms with Crippen LogP contribution in [0.15, 0.2) is 52.9 Å². The van der Waals surface area contributed by atoms with Crippen LogP contribution in [0.3, 0.4) is 0 Å². The Morgan fingerprint density at radius 2 is 1.97 bits per heavy atom. The number of hydrogen-bond donors (Lipinski definition) is 2. The number of fused-ring (bicyclic) bond motifs is 1. The molecule has 3 aromatic heterocycles. The van der Waals surface area contributed by atoms with Crippen molar-refractivity contribution < 1.29 is 9.21 Å². The predicted molar refractivity (Wildman–Crippen MR) is 146 cm³/mol. The summed E-state index contributed by atoms with van der Waals surface area (Å²) in [4.78, 5) is 13.5. The third-order valence-electron chi connectivity index (χ3n) is 5.36. The number of furan rings is 1. The van der Waals surface area contributed by atoms with Crippen LogP contribution in [-0.4, -0.2) is 30.8 Å². The van der Waals surface area contributed by atoms with E-state index in [9.17, 15) is 4.79 Å². The second kappa shape index (κ2) is 9.98. The highest BCUT2D eigenvalue weighted by Crippen LogP contribution is 2.32. The first-order chi connectivity index (χ1) is 17.3. The van der Waals surface area contributed by atoms with Crippen LogP contribution >= 0.6 is 46.8 Å². The summed E-state index contributed by atoms with van der Waals surface area (Å²) < 4.78 is 7.45. The molecular weight excluding hydrogens is 539 g/mol. The van der Waals surface area contributed by atoms with Gasteiger partial charge in [-0.25, -0.2) is 0 Å². The van der Waals surface area contributed by atoms with E-state index in [4.69, 9.17) is 39.8 Å². The second-order valence-corrected chi connectivity index (χ2v) is 10.0. The number of halogens is 2. The molecule has 1 amide bonds. The van der Waals surface area contributed by atoms with Gasteiger partial charge in [0.1, 0.15) is 10.8 Å². The van der Waals surface area contributed by atoms with Crippen molar-refractivity contribution in [1.82, 2.24) is 25.1 Å². The van der Waals surface area contributed by atoms with Crippen molar-refractivity contribution in [3.8, 4) is 21.9 Å². The minimum Gasteiger partial charge on any atom is -0.451 e. The zero-order valence-electron chi connectivity index (χ0n) is 19.0. The number of nitrogens with zero attached hydrogens (tertiary/aromatic N) is 4. The van der Waals surface area contributed by atoms with E-state index >= 15 is 0 Å². The molecule has 3 heterocycles. The first-order valence-corrected chi connectivity index (χ1v) is 12.8. The van der Waals surface area contributed by atoms with E-state index in [1.165, 1.54) is 11.3 Å². The standard InChI is InChI=1S/C24H18Cl2N6O2S2/c1-3-20-29-30-24-32(20)31-22(36-24)13-5-4-12(2)17(10-13)27-23(35)28-21(33)19-9-8-18(34-19)15-11-14(25)6-7-16(15)26/h4-11H,3H2,1-2H3,(H2,27,28,33,35). The van der Waals surface area contributed by atoms with Gasteiger partial charge < -0.3 is 9.73 Å². The molecule has 0 aliphatic heterocycles. The monoisotopic (exact) mass is 556 g/mol. The summed E-state index contributed by atoms with van der Waals surface area (Å²) in [5.74, 6) is 0.820. The molecule has 0 spiro atoms. The number of benzene rings is 2. The lowest BCUT2D eigenvalue weighted by molar-refractivity contribution is 0.0951. The topological polar surface area (TPSA) is 97.3 Å². The lowest BCUT2D eigenvalue weighted by atomic mass is 10.1. The highest BCUT2D eigenvalue weighted by atomic mass is 35.5. The Morgan fingerprint density at radius 3 is 2.78 bits per heavy atom. The summed E-state index contributed by atoms with van der Waals surface area (Å²) in [5, 5.41) is 20.6.